The van der Waals surface area contributed by atoms with Crippen LogP contribution in [0, 0.1) is 5.41 Å². The topological polar surface area (TPSA) is 79.5 Å². The van der Waals surface area contributed by atoms with Crippen LogP contribution in [0.2, 0.25) is 0 Å². The standard InChI is InChI=1S/C23H29F2N3O3S/c1-26-11-12-31-20-8-3-2-7-18(20)17-6-4-5-16(13-17)14-19-21(23(9-10-23)15-27-19)28-32(29,30)22(24)25/h2-8,13,19,21-22,26-28H,9-12,14-15H2,1H3/t19-,21+/m0/s1. The molecule has 1 spiro atoms. The van der Waals surface area contributed by atoms with Crippen molar-refractivity contribution in [2.75, 3.05) is 26.7 Å². The summed E-state index contributed by atoms with van der Waals surface area (Å²) in [6.45, 7) is 1.92. The summed E-state index contributed by atoms with van der Waals surface area (Å²) in [6.07, 6.45) is 2.21. The predicted molar refractivity (Wildman–Crippen MR) is 120 cm³/mol. The minimum absolute atomic E-state index is 0.247. The smallest absolute Gasteiger partial charge is 0.350 e. The Morgan fingerprint density at radius 3 is 2.69 bits per heavy atom. The largest absolute Gasteiger partial charge is 0.492 e. The van der Waals surface area contributed by atoms with Crippen molar-refractivity contribution >= 4 is 10.0 Å². The molecule has 0 aromatic heterocycles. The Hall–Kier alpha value is -2.07. The van der Waals surface area contributed by atoms with Crippen LogP contribution in [0.5, 0.6) is 5.75 Å². The number of nitrogens with one attached hydrogen (secondary N) is 3. The summed E-state index contributed by atoms with van der Waals surface area (Å²) in [5.41, 5.74) is 2.71. The van der Waals surface area contributed by atoms with Crippen LogP contribution in [-0.4, -0.2) is 53.0 Å². The zero-order valence-corrected chi connectivity index (χ0v) is 18.8. The maximum atomic E-state index is 13.0. The fraction of sp³-hybridized carbons (Fsp3) is 0.478. The number of hydrogen-bond donors (Lipinski definition) is 3. The monoisotopic (exact) mass is 465 g/mol. The van der Waals surface area contributed by atoms with Crippen LogP contribution < -0.4 is 20.1 Å². The molecule has 9 heteroatoms. The molecule has 2 aliphatic rings. The number of rotatable bonds is 10. The normalized spacial score (nSPS) is 21.9. The van der Waals surface area contributed by atoms with Gasteiger partial charge < -0.3 is 15.4 Å². The number of halogens is 2. The predicted octanol–water partition coefficient (Wildman–Crippen LogP) is 2.76. The average molecular weight is 466 g/mol. The van der Waals surface area contributed by atoms with Gasteiger partial charge in [0.25, 0.3) is 10.0 Å². The molecular formula is C23H29F2N3O3S. The van der Waals surface area contributed by atoms with Crippen LogP contribution in [-0.2, 0) is 16.4 Å². The molecule has 2 fully saturated rings. The molecule has 32 heavy (non-hydrogen) atoms. The first-order valence-corrected chi connectivity index (χ1v) is 12.4. The van der Waals surface area contributed by atoms with E-state index in [1.807, 2.05) is 49.5 Å². The number of benzene rings is 2. The van der Waals surface area contributed by atoms with Crippen LogP contribution in [0.4, 0.5) is 8.78 Å². The number of sulfonamides is 1. The molecule has 1 aliphatic carbocycles. The lowest BCUT2D eigenvalue weighted by Crippen LogP contribution is -2.49. The highest BCUT2D eigenvalue weighted by Gasteiger charge is 2.57. The summed E-state index contributed by atoms with van der Waals surface area (Å²) in [5.74, 6) is -2.64. The van der Waals surface area contributed by atoms with E-state index in [0.29, 0.717) is 19.6 Å². The van der Waals surface area contributed by atoms with Gasteiger partial charge in [0.05, 0.1) is 0 Å². The van der Waals surface area contributed by atoms with Crippen molar-refractivity contribution in [3.63, 3.8) is 0 Å². The second-order valence-electron chi connectivity index (χ2n) is 8.60. The van der Waals surface area contributed by atoms with Gasteiger partial charge in [-0.1, -0.05) is 42.5 Å². The van der Waals surface area contributed by atoms with Gasteiger partial charge in [-0.2, -0.15) is 8.78 Å². The van der Waals surface area contributed by atoms with Gasteiger partial charge in [0.15, 0.2) is 0 Å². The highest BCUT2D eigenvalue weighted by Crippen LogP contribution is 2.52. The van der Waals surface area contributed by atoms with Crippen molar-refractivity contribution in [3.05, 3.63) is 54.1 Å². The molecule has 2 aromatic carbocycles. The molecule has 0 unspecified atom stereocenters. The van der Waals surface area contributed by atoms with Crippen LogP contribution in [0.15, 0.2) is 48.5 Å². The second kappa shape index (κ2) is 9.43. The van der Waals surface area contributed by atoms with E-state index >= 15 is 0 Å². The molecule has 2 aromatic rings. The minimum Gasteiger partial charge on any atom is -0.492 e. The molecule has 1 saturated carbocycles. The fourth-order valence-corrected chi connectivity index (χ4v) is 5.35. The number of likely N-dealkylation sites (N-methyl/N-ethyl adjacent to an activating group) is 1. The SMILES string of the molecule is CNCCOc1ccccc1-c1cccc(C[C@@H]2NCC3(CC3)[C@@H]2NS(=O)(=O)C(F)F)c1. The third-order valence-corrected chi connectivity index (χ3v) is 7.44. The van der Waals surface area contributed by atoms with Gasteiger partial charge in [-0.05, 0) is 43.5 Å². The van der Waals surface area contributed by atoms with Gasteiger partial charge in [-0.25, -0.2) is 13.1 Å². The zero-order chi connectivity index (χ0) is 22.8. The van der Waals surface area contributed by atoms with Gasteiger partial charge in [0.2, 0.25) is 0 Å². The average Bonchev–Trinajstić information content (AvgIpc) is 3.50. The number of ether oxygens (including phenoxy) is 1. The Balaban J connectivity index is 1.53. The van der Waals surface area contributed by atoms with E-state index in [4.69, 9.17) is 4.74 Å². The third kappa shape index (κ3) is 4.96. The van der Waals surface area contributed by atoms with E-state index in [-0.39, 0.29) is 11.5 Å². The lowest BCUT2D eigenvalue weighted by atomic mass is 9.92. The molecule has 0 amide bonds. The second-order valence-corrected chi connectivity index (χ2v) is 10.3. The van der Waals surface area contributed by atoms with E-state index in [9.17, 15) is 17.2 Å². The first-order valence-electron chi connectivity index (χ1n) is 10.8. The highest BCUT2D eigenvalue weighted by molar-refractivity contribution is 7.89. The Morgan fingerprint density at radius 1 is 1.19 bits per heavy atom. The summed E-state index contributed by atoms with van der Waals surface area (Å²) < 4.78 is 58.0. The summed E-state index contributed by atoms with van der Waals surface area (Å²) >= 11 is 0. The molecule has 6 nitrogen and oxygen atoms in total. The van der Waals surface area contributed by atoms with E-state index in [1.165, 1.54) is 0 Å². The van der Waals surface area contributed by atoms with Crippen LogP contribution >= 0.6 is 0 Å². The quantitative estimate of drug-likeness (QED) is 0.471. The van der Waals surface area contributed by atoms with Gasteiger partial charge in [0.1, 0.15) is 12.4 Å². The maximum absolute atomic E-state index is 13.0. The first kappa shape index (κ1) is 23.1. The van der Waals surface area contributed by atoms with Crippen LogP contribution in [0.1, 0.15) is 18.4 Å². The zero-order valence-electron chi connectivity index (χ0n) is 18.0. The van der Waals surface area contributed by atoms with E-state index in [0.717, 1.165) is 41.8 Å². The van der Waals surface area contributed by atoms with Crippen molar-refractivity contribution in [2.24, 2.45) is 5.41 Å². The highest BCUT2D eigenvalue weighted by atomic mass is 32.2. The molecule has 1 saturated heterocycles. The molecule has 1 heterocycles. The maximum Gasteiger partial charge on any atom is 0.350 e. The summed E-state index contributed by atoms with van der Waals surface area (Å²) in [7, 11) is -2.78. The molecule has 0 bridgehead atoms. The fourth-order valence-electron chi connectivity index (χ4n) is 4.48. The lowest BCUT2D eigenvalue weighted by molar-refractivity contribution is 0.229. The Morgan fingerprint density at radius 2 is 1.97 bits per heavy atom. The van der Waals surface area contributed by atoms with Gasteiger partial charge >= 0.3 is 5.76 Å². The molecule has 0 radical (unpaired) electrons. The molecule has 174 valence electrons. The van der Waals surface area contributed by atoms with E-state index < -0.39 is 21.8 Å². The Kier molecular flexibility index (Phi) is 6.80. The lowest BCUT2D eigenvalue weighted by Gasteiger charge is -2.25. The Bertz CT molecular complexity index is 1040. The summed E-state index contributed by atoms with van der Waals surface area (Å²) in [4.78, 5) is 0. The van der Waals surface area contributed by atoms with E-state index in [1.54, 1.807) is 0 Å². The van der Waals surface area contributed by atoms with Gasteiger partial charge in [-0.3, -0.25) is 0 Å². The first-order chi connectivity index (χ1) is 15.3. The number of hydrogen-bond acceptors (Lipinski definition) is 5. The molecule has 2 atom stereocenters. The van der Waals surface area contributed by atoms with Crippen molar-refractivity contribution in [1.29, 1.82) is 0 Å². The number of alkyl halides is 2. The summed E-state index contributed by atoms with van der Waals surface area (Å²) in [6, 6.07) is 15.0. The van der Waals surface area contributed by atoms with Crippen LogP contribution in [0.3, 0.4) is 0 Å². The Labute approximate surface area is 187 Å². The minimum atomic E-state index is -4.65. The molecule has 4 rings (SSSR count). The van der Waals surface area contributed by atoms with E-state index in [2.05, 4.69) is 21.4 Å². The van der Waals surface area contributed by atoms with Crippen LogP contribution in [0.25, 0.3) is 11.1 Å². The molecule has 1 aliphatic heterocycles. The van der Waals surface area contributed by atoms with Crippen molar-refractivity contribution in [3.8, 4) is 16.9 Å². The van der Waals surface area contributed by atoms with Gasteiger partial charge in [-0.15, -0.1) is 0 Å². The van der Waals surface area contributed by atoms with Crippen molar-refractivity contribution < 1.29 is 21.9 Å². The van der Waals surface area contributed by atoms with Gasteiger partial charge in [0, 0.05) is 36.2 Å². The third-order valence-electron chi connectivity index (χ3n) is 6.39. The van der Waals surface area contributed by atoms with Crippen molar-refractivity contribution in [1.82, 2.24) is 15.4 Å². The molecule has 3 N–H and O–H groups in total. The molecular weight excluding hydrogens is 436 g/mol. The summed E-state index contributed by atoms with van der Waals surface area (Å²) in [5, 5.41) is 6.43. The van der Waals surface area contributed by atoms with Crippen molar-refractivity contribution in [2.45, 2.75) is 37.1 Å². The number of para-hydroxylation sites is 1.